The number of nitrogens with zero attached hydrogens (tertiary/aromatic N) is 1. The fraction of sp³-hybridized carbons (Fsp3) is 0. The Bertz CT molecular complexity index is 589. The van der Waals surface area contributed by atoms with E-state index < -0.39 is 5.82 Å². The first kappa shape index (κ1) is 13.0. The van der Waals surface area contributed by atoms with Crippen molar-refractivity contribution in [3.63, 3.8) is 0 Å². The standard InChI is InChI=1S/C12H7BrClFN2O/c13-9-5-7(1-3-10(9)15)12(18)17-11-4-2-8(14)6-16-11/h1-6H,(H,16,17,18). The number of rotatable bonds is 2. The summed E-state index contributed by atoms with van der Waals surface area (Å²) in [6.45, 7) is 0. The minimum Gasteiger partial charge on any atom is -0.307 e. The lowest BCUT2D eigenvalue weighted by Gasteiger charge is -2.05. The molecule has 0 bridgehead atoms. The molecule has 2 rings (SSSR count). The van der Waals surface area contributed by atoms with E-state index >= 15 is 0 Å². The molecule has 6 heteroatoms. The molecule has 0 atom stereocenters. The Morgan fingerprint density at radius 3 is 2.72 bits per heavy atom. The lowest BCUT2D eigenvalue weighted by Crippen LogP contribution is -2.12. The highest BCUT2D eigenvalue weighted by molar-refractivity contribution is 9.10. The van der Waals surface area contributed by atoms with Crippen LogP contribution < -0.4 is 5.32 Å². The van der Waals surface area contributed by atoms with Gasteiger partial charge in [-0.1, -0.05) is 11.6 Å². The summed E-state index contributed by atoms with van der Waals surface area (Å²) in [5.74, 6) is -0.411. The van der Waals surface area contributed by atoms with Crippen molar-refractivity contribution in [3.8, 4) is 0 Å². The summed E-state index contributed by atoms with van der Waals surface area (Å²) in [5.41, 5.74) is 0.333. The predicted octanol–water partition coefficient (Wildman–Crippen LogP) is 3.89. The number of carbonyl (C=O) groups excluding carboxylic acids is 1. The Balaban J connectivity index is 2.16. The van der Waals surface area contributed by atoms with Crippen molar-refractivity contribution in [2.24, 2.45) is 0 Å². The molecule has 18 heavy (non-hydrogen) atoms. The SMILES string of the molecule is O=C(Nc1ccc(Cl)cn1)c1ccc(F)c(Br)c1. The third-order valence-corrected chi connectivity index (χ3v) is 2.98. The first-order valence-electron chi connectivity index (χ1n) is 4.94. The number of benzene rings is 1. The van der Waals surface area contributed by atoms with E-state index in [1.807, 2.05) is 0 Å². The Morgan fingerprint density at radius 2 is 2.11 bits per heavy atom. The summed E-state index contributed by atoms with van der Waals surface area (Å²) in [4.78, 5) is 15.8. The van der Waals surface area contributed by atoms with Gasteiger partial charge in [-0.25, -0.2) is 9.37 Å². The van der Waals surface area contributed by atoms with Crippen LogP contribution in [0.15, 0.2) is 41.0 Å². The Morgan fingerprint density at radius 1 is 1.33 bits per heavy atom. The van der Waals surface area contributed by atoms with Crippen LogP contribution in [-0.4, -0.2) is 10.9 Å². The lowest BCUT2D eigenvalue weighted by molar-refractivity contribution is 0.102. The van der Waals surface area contributed by atoms with E-state index in [0.717, 1.165) is 0 Å². The number of carbonyl (C=O) groups is 1. The number of aromatic nitrogens is 1. The molecule has 0 aliphatic carbocycles. The summed E-state index contributed by atoms with van der Waals surface area (Å²) in [7, 11) is 0. The summed E-state index contributed by atoms with van der Waals surface area (Å²) in [6.07, 6.45) is 1.43. The molecule has 2 aromatic rings. The highest BCUT2D eigenvalue weighted by Crippen LogP contribution is 2.18. The maximum atomic E-state index is 13.0. The van der Waals surface area contributed by atoms with Crippen LogP contribution >= 0.6 is 27.5 Å². The Kier molecular flexibility index (Phi) is 3.93. The van der Waals surface area contributed by atoms with E-state index in [1.54, 1.807) is 12.1 Å². The molecule has 1 heterocycles. The second kappa shape index (κ2) is 5.46. The smallest absolute Gasteiger partial charge is 0.256 e. The second-order valence-corrected chi connectivity index (χ2v) is 4.74. The van der Waals surface area contributed by atoms with Crippen molar-refractivity contribution < 1.29 is 9.18 Å². The molecule has 0 radical (unpaired) electrons. The number of nitrogens with one attached hydrogen (secondary N) is 1. The molecule has 0 spiro atoms. The van der Waals surface area contributed by atoms with Gasteiger partial charge in [0.25, 0.3) is 5.91 Å². The zero-order valence-corrected chi connectivity index (χ0v) is 11.3. The summed E-state index contributed by atoms with van der Waals surface area (Å²) in [5, 5.41) is 3.06. The number of anilines is 1. The van der Waals surface area contributed by atoms with E-state index in [9.17, 15) is 9.18 Å². The van der Waals surface area contributed by atoms with Gasteiger partial charge >= 0.3 is 0 Å². The van der Waals surface area contributed by atoms with E-state index in [1.165, 1.54) is 24.4 Å². The van der Waals surface area contributed by atoms with Crippen molar-refractivity contribution in [1.82, 2.24) is 4.98 Å². The van der Waals surface area contributed by atoms with Gasteiger partial charge in [0.1, 0.15) is 11.6 Å². The molecular weight excluding hydrogens is 322 g/mol. The molecule has 1 aromatic carbocycles. The van der Waals surface area contributed by atoms with Crippen molar-refractivity contribution in [2.75, 3.05) is 5.32 Å². The van der Waals surface area contributed by atoms with Crippen LogP contribution in [0.5, 0.6) is 0 Å². The topological polar surface area (TPSA) is 42.0 Å². The zero-order valence-electron chi connectivity index (χ0n) is 8.95. The van der Waals surface area contributed by atoms with Crippen LogP contribution in [0, 0.1) is 5.82 Å². The van der Waals surface area contributed by atoms with Gasteiger partial charge in [-0.05, 0) is 46.3 Å². The Hall–Kier alpha value is -1.46. The van der Waals surface area contributed by atoms with Gasteiger partial charge in [-0.15, -0.1) is 0 Å². The number of amides is 1. The first-order chi connectivity index (χ1) is 8.56. The first-order valence-corrected chi connectivity index (χ1v) is 6.11. The molecule has 3 nitrogen and oxygen atoms in total. The van der Waals surface area contributed by atoms with Crippen LogP contribution in [-0.2, 0) is 0 Å². The molecule has 0 unspecified atom stereocenters. The zero-order chi connectivity index (χ0) is 13.1. The number of hydrogen-bond donors (Lipinski definition) is 1. The Labute approximate surface area is 116 Å². The monoisotopic (exact) mass is 328 g/mol. The minimum atomic E-state index is -0.420. The van der Waals surface area contributed by atoms with Gasteiger partial charge in [0.05, 0.1) is 9.50 Å². The van der Waals surface area contributed by atoms with Crippen molar-refractivity contribution in [1.29, 1.82) is 0 Å². The minimum absolute atomic E-state index is 0.235. The van der Waals surface area contributed by atoms with Gasteiger partial charge in [0, 0.05) is 11.8 Å². The van der Waals surface area contributed by atoms with Crippen LogP contribution in [0.2, 0.25) is 5.02 Å². The van der Waals surface area contributed by atoms with Crippen molar-refractivity contribution >= 4 is 39.3 Å². The van der Waals surface area contributed by atoms with E-state index in [2.05, 4.69) is 26.2 Å². The highest BCUT2D eigenvalue weighted by atomic mass is 79.9. The average molecular weight is 330 g/mol. The molecular formula is C12H7BrClFN2O. The molecule has 0 aliphatic rings. The third-order valence-electron chi connectivity index (χ3n) is 2.15. The third kappa shape index (κ3) is 3.05. The fourth-order valence-electron chi connectivity index (χ4n) is 1.28. The molecule has 0 saturated carbocycles. The van der Waals surface area contributed by atoms with E-state index in [-0.39, 0.29) is 10.4 Å². The molecule has 0 aliphatic heterocycles. The highest BCUT2D eigenvalue weighted by Gasteiger charge is 2.09. The van der Waals surface area contributed by atoms with Crippen LogP contribution in [0.1, 0.15) is 10.4 Å². The molecule has 0 fully saturated rings. The number of pyridine rings is 1. The summed E-state index contributed by atoms with van der Waals surface area (Å²) >= 11 is 8.70. The largest absolute Gasteiger partial charge is 0.307 e. The number of halogens is 3. The van der Waals surface area contributed by atoms with Gasteiger partial charge < -0.3 is 5.32 Å². The summed E-state index contributed by atoms with van der Waals surface area (Å²) in [6, 6.07) is 7.21. The molecule has 92 valence electrons. The van der Waals surface area contributed by atoms with Crippen molar-refractivity contribution in [3.05, 3.63) is 57.4 Å². The number of hydrogen-bond acceptors (Lipinski definition) is 2. The van der Waals surface area contributed by atoms with Crippen LogP contribution in [0.4, 0.5) is 10.2 Å². The lowest BCUT2D eigenvalue weighted by atomic mass is 10.2. The van der Waals surface area contributed by atoms with E-state index in [0.29, 0.717) is 16.4 Å². The predicted molar refractivity (Wildman–Crippen MR) is 71.3 cm³/mol. The van der Waals surface area contributed by atoms with Gasteiger partial charge in [0.2, 0.25) is 0 Å². The molecule has 1 amide bonds. The van der Waals surface area contributed by atoms with Crippen molar-refractivity contribution in [2.45, 2.75) is 0 Å². The van der Waals surface area contributed by atoms with Crippen LogP contribution in [0.3, 0.4) is 0 Å². The molecule has 0 saturated heterocycles. The maximum Gasteiger partial charge on any atom is 0.256 e. The average Bonchev–Trinajstić information content (AvgIpc) is 2.35. The maximum absolute atomic E-state index is 13.0. The second-order valence-electron chi connectivity index (χ2n) is 3.44. The summed E-state index contributed by atoms with van der Waals surface area (Å²) < 4.78 is 13.3. The van der Waals surface area contributed by atoms with Gasteiger partial charge in [0.15, 0.2) is 0 Å². The fourth-order valence-corrected chi connectivity index (χ4v) is 1.77. The van der Waals surface area contributed by atoms with E-state index in [4.69, 9.17) is 11.6 Å². The molecule has 1 aromatic heterocycles. The molecule has 1 N–H and O–H groups in total. The van der Waals surface area contributed by atoms with Gasteiger partial charge in [-0.2, -0.15) is 0 Å². The van der Waals surface area contributed by atoms with Gasteiger partial charge in [-0.3, -0.25) is 4.79 Å². The quantitative estimate of drug-likeness (QED) is 0.908. The normalized spacial score (nSPS) is 10.2. The van der Waals surface area contributed by atoms with Crippen LogP contribution in [0.25, 0.3) is 0 Å².